The fourth-order valence-electron chi connectivity index (χ4n) is 1.64. The molecule has 1 aromatic carbocycles. The first-order chi connectivity index (χ1) is 10.0. The summed E-state index contributed by atoms with van der Waals surface area (Å²) in [5, 5.41) is 11.3. The molecule has 0 unspecified atom stereocenters. The second-order valence-electron chi connectivity index (χ2n) is 4.04. The van der Waals surface area contributed by atoms with E-state index in [1.807, 2.05) is 0 Å². The first-order valence-electron chi connectivity index (χ1n) is 5.87. The van der Waals surface area contributed by atoms with Crippen LogP contribution in [0.1, 0.15) is 5.69 Å². The number of nitro groups is 1. The zero-order chi connectivity index (χ0) is 15.4. The van der Waals surface area contributed by atoms with Crippen LogP contribution in [-0.2, 0) is 6.61 Å². The molecule has 0 aliphatic heterocycles. The van der Waals surface area contributed by atoms with Crippen LogP contribution in [-0.4, -0.2) is 17.0 Å². The highest BCUT2D eigenvalue weighted by atomic mass is 35.5. The number of anilines is 1. The number of aromatic nitrogens is 1. The predicted molar refractivity (Wildman–Crippen MR) is 77.6 cm³/mol. The summed E-state index contributed by atoms with van der Waals surface area (Å²) < 4.78 is 10.5. The Morgan fingerprint density at radius 1 is 1.38 bits per heavy atom. The zero-order valence-corrected chi connectivity index (χ0v) is 11.8. The van der Waals surface area contributed by atoms with Crippen LogP contribution in [0.25, 0.3) is 0 Å². The maximum Gasteiger partial charge on any atom is 0.311 e. The van der Waals surface area contributed by atoms with Gasteiger partial charge in [0.25, 0.3) is 0 Å². The summed E-state index contributed by atoms with van der Waals surface area (Å²) in [5.41, 5.74) is 5.79. The number of benzene rings is 1. The third kappa shape index (κ3) is 3.51. The van der Waals surface area contributed by atoms with Gasteiger partial charge in [-0.25, -0.2) is 4.98 Å². The minimum absolute atomic E-state index is 0.0438. The molecule has 0 radical (unpaired) electrons. The number of hydrogen-bond acceptors (Lipinski definition) is 6. The molecule has 8 heteroatoms. The lowest BCUT2D eigenvalue weighted by Crippen LogP contribution is -2.03. The van der Waals surface area contributed by atoms with Crippen molar-refractivity contribution >= 4 is 23.1 Å². The van der Waals surface area contributed by atoms with Crippen molar-refractivity contribution in [1.82, 2.24) is 4.98 Å². The van der Waals surface area contributed by atoms with Crippen LogP contribution in [0.3, 0.4) is 0 Å². The van der Waals surface area contributed by atoms with Crippen LogP contribution >= 0.6 is 11.6 Å². The number of pyridine rings is 1. The molecule has 0 bridgehead atoms. The molecular weight excluding hydrogens is 298 g/mol. The number of halogens is 1. The Bertz CT molecular complexity index is 678. The smallest absolute Gasteiger partial charge is 0.311 e. The number of nitrogen functional groups attached to an aromatic ring is 1. The molecule has 0 atom stereocenters. The Morgan fingerprint density at radius 3 is 2.81 bits per heavy atom. The van der Waals surface area contributed by atoms with Crippen molar-refractivity contribution in [3.8, 4) is 11.5 Å². The summed E-state index contributed by atoms with van der Waals surface area (Å²) in [6.07, 6.45) is 0. The van der Waals surface area contributed by atoms with Gasteiger partial charge in [0.2, 0.25) is 5.75 Å². The summed E-state index contributed by atoms with van der Waals surface area (Å²) in [4.78, 5) is 14.5. The van der Waals surface area contributed by atoms with Crippen LogP contribution in [0.15, 0.2) is 30.3 Å². The molecule has 1 heterocycles. The lowest BCUT2D eigenvalue weighted by molar-refractivity contribution is -0.386. The molecule has 0 amide bonds. The molecule has 0 fully saturated rings. The third-order valence-electron chi connectivity index (χ3n) is 2.67. The molecule has 0 aliphatic rings. The van der Waals surface area contributed by atoms with Crippen molar-refractivity contribution in [2.24, 2.45) is 0 Å². The van der Waals surface area contributed by atoms with E-state index in [1.165, 1.54) is 25.3 Å². The number of rotatable bonds is 5. The Hall–Kier alpha value is -2.54. The molecule has 2 N–H and O–H groups in total. The Kier molecular flexibility index (Phi) is 4.44. The highest BCUT2D eigenvalue weighted by molar-refractivity contribution is 6.31. The van der Waals surface area contributed by atoms with Gasteiger partial charge in [0.05, 0.1) is 22.7 Å². The molecule has 110 valence electrons. The third-order valence-corrected chi connectivity index (χ3v) is 3.01. The highest BCUT2D eigenvalue weighted by Gasteiger charge is 2.17. The quantitative estimate of drug-likeness (QED) is 0.673. The Labute approximate surface area is 125 Å². The normalized spacial score (nSPS) is 10.2. The summed E-state index contributed by atoms with van der Waals surface area (Å²) in [6, 6.07) is 7.36. The van der Waals surface area contributed by atoms with Gasteiger partial charge in [-0.15, -0.1) is 0 Å². The van der Waals surface area contributed by atoms with E-state index in [-0.39, 0.29) is 23.9 Å². The monoisotopic (exact) mass is 309 g/mol. The molecule has 2 rings (SSSR count). The Morgan fingerprint density at radius 2 is 2.14 bits per heavy atom. The van der Waals surface area contributed by atoms with E-state index in [0.717, 1.165) is 0 Å². The molecule has 0 saturated heterocycles. The van der Waals surface area contributed by atoms with Crippen LogP contribution < -0.4 is 15.2 Å². The largest absolute Gasteiger partial charge is 0.497 e. The second kappa shape index (κ2) is 6.27. The minimum atomic E-state index is -0.539. The fourth-order valence-corrected chi connectivity index (χ4v) is 1.80. The maximum absolute atomic E-state index is 11.0. The first kappa shape index (κ1) is 14.9. The van der Waals surface area contributed by atoms with E-state index < -0.39 is 4.92 Å². The molecular formula is C13H12ClN3O4. The van der Waals surface area contributed by atoms with Gasteiger partial charge in [-0.2, -0.15) is 0 Å². The Balaban J connectivity index is 2.26. The van der Waals surface area contributed by atoms with Crippen molar-refractivity contribution in [3.05, 3.63) is 51.2 Å². The number of hydrogen-bond donors (Lipinski definition) is 1. The summed E-state index contributed by atoms with van der Waals surface area (Å²) in [7, 11) is 1.46. The lowest BCUT2D eigenvalue weighted by Gasteiger charge is -2.09. The van der Waals surface area contributed by atoms with Crippen molar-refractivity contribution in [2.75, 3.05) is 12.8 Å². The van der Waals surface area contributed by atoms with Crippen molar-refractivity contribution in [1.29, 1.82) is 0 Å². The zero-order valence-electron chi connectivity index (χ0n) is 11.1. The molecule has 1 aromatic heterocycles. The lowest BCUT2D eigenvalue weighted by atomic mass is 10.3. The van der Waals surface area contributed by atoms with Crippen LogP contribution in [0.2, 0.25) is 5.02 Å². The standard InChI is InChI=1S/C13H12ClN3O4/c1-20-8-2-4-11(17(18)19)12(6-8)21-7-10-9(14)3-5-13(15)16-10/h2-6H,7H2,1H3,(H2,15,16). The van der Waals surface area contributed by atoms with E-state index in [1.54, 1.807) is 12.1 Å². The van der Waals surface area contributed by atoms with E-state index in [0.29, 0.717) is 16.5 Å². The molecule has 21 heavy (non-hydrogen) atoms. The fraction of sp³-hybridized carbons (Fsp3) is 0.154. The molecule has 2 aromatic rings. The van der Waals surface area contributed by atoms with Gasteiger partial charge in [0, 0.05) is 12.1 Å². The molecule has 0 aliphatic carbocycles. The average Bonchev–Trinajstić information content (AvgIpc) is 2.47. The van der Waals surface area contributed by atoms with Gasteiger partial charge in [-0.05, 0) is 18.2 Å². The van der Waals surface area contributed by atoms with Gasteiger partial charge in [0.15, 0.2) is 0 Å². The van der Waals surface area contributed by atoms with Gasteiger partial charge >= 0.3 is 5.69 Å². The van der Waals surface area contributed by atoms with Crippen molar-refractivity contribution < 1.29 is 14.4 Å². The number of nitrogens with zero attached hydrogens (tertiary/aromatic N) is 2. The second-order valence-corrected chi connectivity index (χ2v) is 4.45. The van der Waals surface area contributed by atoms with E-state index in [9.17, 15) is 10.1 Å². The molecule has 0 spiro atoms. The topological polar surface area (TPSA) is 101 Å². The van der Waals surface area contributed by atoms with E-state index >= 15 is 0 Å². The van der Waals surface area contributed by atoms with Gasteiger partial charge in [-0.1, -0.05) is 11.6 Å². The van der Waals surface area contributed by atoms with E-state index in [2.05, 4.69) is 4.98 Å². The minimum Gasteiger partial charge on any atom is -0.497 e. The number of methoxy groups -OCH3 is 1. The van der Waals surface area contributed by atoms with Crippen molar-refractivity contribution in [3.63, 3.8) is 0 Å². The summed E-state index contributed by atoms with van der Waals surface area (Å²) in [6.45, 7) is -0.0438. The van der Waals surface area contributed by atoms with Gasteiger partial charge in [-0.3, -0.25) is 10.1 Å². The van der Waals surface area contributed by atoms with E-state index in [4.69, 9.17) is 26.8 Å². The number of nitro benzene ring substituents is 1. The SMILES string of the molecule is COc1ccc([N+](=O)[O-])c(OCc2nc(N)ccc2Cl)c1. The van der Waals surface area contributed by atoms with Gasteiger partial charge < -0.3 is 15.2 Å². The summed E-state index contributed by atoms with van der Waals surface area (Å²) >= 11 is 5.97. The predicted octanol–water partition coefficient (Wildman–Crippen LogP) is 2.81. The highest BCUT2D eigenvalue weighted by Crippen LogP contribution is 2.32. The molecule has 0 saturated carbocycles. The average molecular weight is 310 g/mol. The number of ether oxygens (including phenoxy) is 2. The number of nitrogens with two attached hydrogens (primary N) is 1. The van der Waals surface area contributed by atoms with Crippen LogP contribution in [0.5, 0.6) is 11.5 Å². The van der Waals surface area contributed by atoms with Crippen molar-refractivity contribution in [2.45, 2.75) is 6.61 Å². The maximum atomic E-state index is 11.0. The first-order valence-corrected chi connectivity index (χ1v) is 6.25. The summed E-state index contributed by atoms with van der Waals surface area (Å²) in [5.74, 6) is 0.806. The van der Waals surface area contributed by atoms with Crippen LogP contribution in [0, 0.1) is 10.1 Å². The molecule has 7 nitrogen and oxygen atoms in total. The van der Waals surface area contributed by atoms with Crippen LogP contribution in [0.4, 0.5) is 11.5 Å². The van der Waals surface area contributed by atoms with Gasteiger partial charge in [0.1, 0.15) is 18.2 Å².